The molecule has 6 heteroatoms. The number of carbonyl (C=O) groups is 1. The Labute approximate surface area is 176 Å². The Balaban J connectivity index is 1.43. The van der Waals surface area contributed by atoms with Crippen molar-refractivity contribution in [3.8, 4) is 5.75 Å². The van der Waals surface area contributed by atoms with Crippen molar-refractivity contribution in [2.45, 2.75) is 12.6 Å². The summed E-state index contributed by atoms with van der Waals surface area (Å²) >= 11 is 0. The average molecular weight is 402 g/mol. The third kappa shape index (κ3) is 4.60. The first-order valence-electron chi connectivity index (χ1n) is 10.1. The first kappa shape index (κ1) is 19.9. The van der Waals surface area contributed by atoms with Crippen LogP contribution < -0.4 is 20.3 Å². The molecule has 0 aliphatic carbocycles. The molecule has 3 aromatic rings. The molecular weight excluding hydrogens is 376 g/mol. The van der Waals surface area contributed by atoms with E-state index in [0.29, 0.717) is 12.2 Å². The number of rotatable bonds is 6. The number of nitrogens with one attached hydrogen (secondary N) is 2. The van der Waals surface area contributed by atoms with Crippen molar-refractivity contribution in [2.24, 2.45) is 0 Å². The van der Waals surface area contributed by atoms with Gasteiger partial charge in [-0.3, -0.25) is 4.79 Å². The number of ether oxygens (including phenoxy) is 1. The van der Waals surface area contributed by atoms with Crippen molar-refractivity contribution in [3.63, 3.8) is 0 Å². The van der Waals surface area contributed by atoms with E-state index in [9.17, 15) is 4.79 Å². The minimum absolute atomic E-state index is 0.197. The molecule has 30 heavy (non-hydrogen) atoms. The van der Waals surface area contributed by atoms with E-state index in [-0.39, 0.29) is 11.9 Å². The highest BCUT2D eigenvalue weighted by Gasteiger charge is 2.22. The van der Waals surface area contributed by atoms with Crippen LogP contribution in [-0.4, -0.2) is 37.6 Å². The van der Waals surface area contributed by atoms with Gasteiger partial charge in [0.05, 0.1) is 7.11 Å². The predicted molar refractivity (Wildman–Crippen MR) is 118 cm³/mol. The summed E-state index contributed by atoms with van der Waals surface area (Å²) in [5.41, 5.74) is 2.60. The van der Waals surface area contributed by atoms with Crippen molar-refractivity contribution in [2.75, 3.05) is 31.6 Å². The van der Waals surface area contributed by atoms with Crippen LogP contribution in [0.5, 0.6) is 5.75 Å². The Kier molecular flexibility index (Phi) is 6.25. The molecule has 154 valence electrons. The summed E-state index contributed by atoms with van der Waals surface area (Å²) in [5, 5.41) is 6.50. The summed E-state index contributed by atoms with van der Waals surface area (Å²) in [5.74, 6) is 1.38. The highest BCUT2D eigenvalue weighted by Crippen LogP contribution is 2.21. The largest absolute Gasteiger partial charge is 0.496 e. The van der Waals surface area contributed by atoms with Gasteiger partial charge < -0.3 is 20.3 Å². The summed E-state index contributed by atoms with van der Waals surface area (Å²) in [6.07, 6.45) is 0. The van der Waals surface area contributed by atoms with E-state index in [1.54, 1.807) is 13.2 Å². The molecule has 1 atom stereocenters. The van der Waals surface area contributed by atoms with E-state index in [4.69, 9.17) is 4.74 Å². The number of anilines is 1. The smallest absolute Gasteiger partial charge is 0.270 e. The van der Waals surface area contributed by atoms with Crippen LogP contribution >= 0.6 is 0 Å². The zero-order chi connectivity index (χ0) is 20.8. The van der Waals surface area contributed by atoms with E-state index in [2.05, 4.69) is 44.8 Å². The molecule has 2 aromatic carbocycles. The molecule has 4 rings (SSSR count). The van der Waals surface area contributed by atoms with Crippen molar-refractivity contribution in [3.05, 3.63) is 89.6 Å². The molecule has 6 nitrogen and oxygen atoms in total. The summed E-state index contributed by atoms with van der Waals surface area (Å²) in [6.45, 7) is 2.91. The van der Waals surface area contributed by atoms with Gasteiger partial charge in [0.25, 0.3) is 5.91 Å². The molecule has 1 fully saturated rings. The maximum absolute atomic E-state index is 12.7. The van der Waals surface area contributed by atoms with Gasteiger partial charge in [-0.1, -0.05) is 54.6 Å². The number of aromatic nitrogens is 1. The number of benzene rings is 2. The molecule has 0 bridgehead atoms. The molecule has 2 heterocycles. The van der Waals surface area contributed by atoms with Crippen molar-refractivity contribution >= 4 is 11.7 Å². The maximum atomic E-state index is 12.7. The Morgan fingerprint density at radius 2 is 1.90 bits per heavy atom. The number of para-hydroxylation sites is 1. The van der Waals surface area contributed by atoms with Gasteiger partial charge in [-0.25, -0.2) is 4.98 Å². The third-order valence-electron chi connectivity index (χ3n) is 5.30. The summed E-state index contributed by atoms with van der Waals surface area (Å²) < 4.78 is 5.35. The molecule has 0 saturated carbocycles. The quantitative estimate of drug-likeness (QED) is 0.663. The lowest BCUT2D eigenvalue weighted by Crippen LogP contribution is -2.46. The molecule has 1 aliphatic rings. The van der Waals surface area contributed by atoms with Crippen LogP contribution in [0.4, 0.5) is 5.82 Å². The molecule has 1 unspecified atom stereocenters. The van der Waals surface area contributed by atoms with Gasteiger partial charge in [0, 0.05) is 37.8 Å². The van der Waals surface area contributed by atoms with Crippen molar-refractivity contribution in [1.82, 2.24) is 15.6 Å². The van der Waals surface area contributed by atoms with Gasteiger partial charge in [-0.2, -0.15) is 0 Å². The molecule has 1 saturated heterocycles. The van der Waals surface area contributed by atoms with Gasteiger partial charge in [0.1, 0.15) is 17.3 Å². The highest BCUT2D eigenvalue weighted by molar-refractivity contribution is 5.92. The normalized spacial score (nSPS) is 16.2. The van der Waals surface area contributed by atoms with Crippen LogP contribution in [0.1, 0.15) is 27.7 Å². The Morgan fingerprint density at radius 1 is 1.10 bits per heavy atom. The molecule has 1 amide bonds. The van der Waals surface area contributed by atoms with Gasteiger partial charge in [0.15, 0.2) is 0 Å². The second-order valence-electron chi connectivity index (χ2n) is 7.24. The van der Waals surface area contributed by atoms with E-state index >= 15 is 0 Å². The van der Waals surface area contributed by atoms with Crippen LogP contribution in [-0.2, 0) is 6.54 Å². The van der Waals surface area contributed by atoms with Crippen LogP contribution in [0, 0.1) is 0 Å². The van der Waals surface area contributed by atoms with Crippen LogP contribution in [0.15, 0.2) is 72.8 Å². The first-order valence-corrected chi connectivity index (χ1v) is 10.1. The fraction of sp³-hybridized carbons (Fsp3) is 0.250. The lowest BCUT2D eigenvalue weighted by molar-refractivity contribution is 0.0945. The van der Waals surface area contributed by atoms with E-state index in [1.165, 1.54) is 5.56 Å². The molecule has 0 radical (unpaired) electrons. The van der Waals surface area contributed by atoms with Gasteiger partial charge in [-0.05, 0) is 23.8 Å². The number of amides is 1. The number of nitrogens with zero attached hydrogens (tertiary/aromatic N) is 2. The topological polar surface area (TPSA) is 66.5 Å². The SMILES string of the molecule is COc1ccccc1CNC(=O)c1cccc(N2CCNC(c3ccccc3)C2)n1. The van der Waals surface area contributed by atoms with E-state index in [0.717, 1.165) is 36.8 Å². The number of hydrogen-bond acceptors (Lipinski definition) is 5. The predicted octanol–water partition coefficient (Wildman–Crippen LogP) is 3.17. The molecule has 2 N–H and O–H groups in total. The fourth-order valence-corrected chi connectivity index (χ4v) is 3.71. The Morgan fingerprint density at radius 3 is 2.73 bits per heavy atom. The number of hydrogen-bond donors (Lipinski definition) is 2. The average Bonchev–Trinajstić information content (AvgIpc) is 2.83. The molecule has 1 aromatic heterocycles. The summed E-state index contributed by atoms with van der Waals surface area (Å²) in [7, 11) is 1.63. The maximum Gasteiger partial charge on any atom is 0.270 e. The van der Waals surface area contributed by atoms with E-state index in [1.807, 2.05) is 42.5 Å². The van der Waals surface area contributed by atoms with Crippen LogP contribution in [0.3, 0.4) is 0 Å². The van der Waals surface area contributed by atoms with Crippen LogP contribution in [0.2, 0.25) is 0 Å². The Hall–Kier alpha value is -3.38. The van der Waals surface area contributed by atoms with Crippen molar-refractivity contribution in [1.29, 1.82) is 0 Å². The molecule has 1 aliphatic heterocycles. The monoisotopic (exact) mass is 402 g/mol. The third-order valence-corrected chi connectivity index (χ3v) is 5.30. The highest BCUT2D eigenvalue weighted by atomic mass is 16.5. The lowest BCUT2D eigenvalue weighted by Gasteiger charge is -2.35. The number of methoxy groups -OCH3 is 1. The second-order valence-corrected chi connectivity index (χ2v) is 7.24. The summed E-state index contributed by atoms with van der Waals surface area (Å²) in [6, 6.07) is 23.9. The van der Waals surface area contributed by atoms with Gasteiger partial charge in [0.2, 0.25) is 0 Å². The second kappa shape index (κ2) is 9.41. The first-order chi connectivity index (χ1) is 14.7. The zero-order valence-corrected chi connectivity index (χ0v) is 17.0. The Bertz CT molecular complexity index is 993. The lowest BCUT2D eigenvalue weighted by atomic mass is 10.0. The van der Waals surface area contributed by atoms with Crippen molar-refractivity contribution < 1.29 is 9.53 Å². The molecular formula is C24H26N4O2. The van der Waals surface area contributed by atoms with Gasteiger partial charge >= 0.3 is 0 Å². The number of carbonyl (C=O) groups excluding carboxylic acids is 1. The summed E-state index contributed by atoms with van der Waals surface area (Å²) in [4.78, 5) is 19.6. The number of pyridine rings is 1. The zero-order valence-electron chi connectivity index (χ0n) is 17.0. The minimum atomic E-state index is -0.197. The standard InChI is InChI=1S/C24H26N4O2/c1-30-22-12-6-5-10-19(22)16-26-24(29)20-11-7-13-23(27-20)28-15-14-25-21(17-28)18-8-3-2-4-9-18/h2-13,21,25H,14-17H2,1H3,(H,26,29). The van der Waals surface area contributed by atoms with Gasteiger partial charge in [-0.15, -0.1) is 0 Å². The van der Waals surface area contributed by atoms with E-state index < -0.39 is 0 Å². The number of piperazine rings is 1. The fourth-order valence-electron chi connectivity index (χ4n) is 3.71. The molecule has 0 spiro atoms. The minimum Gasteiger partial charge on any atom is -0.496 e. The van der Waals surface area contributed by atoms with Crippen LogP contribution in [0.25, 0.3) is 0 Å².